The summed E-state index contributed by atoms with van der Waals surface area (Å²) in [5.41, 5.74) is -0.237. The SMILES string of the molecule is C=C(C)c1nn(-c2c(F)cccc2Cl)c(=O)c2cc(F)c(-n3nc(COCc4ccccc4)n(CC)c3=O)cc12. The molecule has 0 aliphatic carbocycles. The van der Waals surface area contributed by atoms with Gasteiger partial charge in [0.1, 0.15) is 23.8 Å². The molecule has 0 fully saturated rings. The number of hydrogen-bond acceptors (Lipinski definition) is 5. The van der Waals surface area contributed by atoms with Crippen molar-refractivity contribution in [2.24, 2.45) is 0 Å². The van der Waals surface area contributed by atoms with Crippen molar-refractivity contribution in [1.82, 2.24) is 24.1 Å². The summed E-state index contributed by atoms with van der Waals surface area (Å²) < 4.78 is 39.1. The van der Waals surface area contributed by atoms with E-state index in [0.29, 0.717) is 18.0 Å². The van der Waals surface area contributed by atoms with Crippen molar-refractivity contribution in [3.05, 3.63) is 122 Å². The number of nitrogens with zero attached hydrogens (tertiary/aromatic N) is 5. The van der Waals surface area contributed by atoms with Gasteiger partial charge in [-0.1, -0.05) is 54.6 Å². The number of halogens is 3. The average molecular weight is 564 g/mol. The Hall–Kier alpha value is -4.41. The molecule has 11 heteroatoms. The highest BCUT2D eigenvalue weighted by molar-refractivity contribution is 6.32. The number of rotatable bonds is 8. The van der Waals surface area contributed by atoms with Gasteiger partial charge in [-0.15, -0.1) is 5.10 Å². The first-order valence-corrected chi connectivity index (χ1v) is 12.8. The molecule has 0 atom stereocenters. The molecule has 2 heterocycles. The quantitative estimate of drug-likeness (QED) is 0.251. The van der Waals surface area contributed by atoms with E-state index < -0.39 is 22.9 Å². The molecule has 0 radical (unpaired) electrons. The summed E-state index contributed by atoms with van der Waals surface area (Å²) in [6.07, 6.45) is 0. The Morgan fingerprint density at radius 3 is 2.38 bits per heavy atom. The molecule has 2 aromatic heterocycles. The maximum absolute atomic E-state index is 15.6. The van der Waals surface area contributed by atoms with Crippen molar-refractivity contribution in [3.8, 4) is 11.4 Å². The first-order chi connectivity index (χ1) is 19.2. The summed E-state index contributed by atoms with van der Waals surface area (Å²) in [5, 5.41) is 8.74. The minimum absolute atomic E-state index is 0.0207. The van der Waals surface area contributed by atoms with Crippen LogP contribution in [0.4, 0.5) is 8.78 Å². The van der Waals surface area contributed by atoms with Crippen LogP contribution in [-0.2, 0) is 24.5 Å². The fourth-order valence-corrected chi connectivity index (χ4v) is 4.66. The summed E-state index contributed by atoms with van der Waals surface area (Å²) in [6, 6.07) is 15.8. The van der Waals surface area contributed by atoms with Gasteiger partial charge < -0.3 is 4.74 Å². The van der Waals surface area contributed by atoms with E-state index in [0.717, 1.165) is 27.1 Å². The summed E-state index contributed by atoms with van der Waals surface area (Å²) in [7, 11) is 0. The zero-order valence-corrected chi connectivity index (χ0v) is 22.5. The van der Waals surface area contributed by atoms with Crippen LogP contribution in [0.25, 0.3) is 27.7 Å². The third-order valence-corrected chi connectivity index (χ3v) is 6.65. The van der Waals surface area contributed by atoms with Crippen LogP contribution in [-0.4, -0.2) is 24.1 Å². The monoisotopic (exact) mass is 563 g/mol. The number of benzene rings is 3. The van der Waals surface area contributed by atoms with Crippen LogP contribution < -0.4 is 11.2 Å². The van der Waals surface area contributed by atoms with Crippen LogP contribution in [0.5, 0.6) is 0 Å². The van der Waals surface area contributed by atoms with Crippen LogP contribution in [0.3, 0.4) is 0 Å². The van der Waals surface area contributed by atoms with Gasteiger partial charge in [-0.05, 0) is 49.2 Å². The molecule has 3 aromatic carbocycles. The van der Waals surface area contributed by atoms with Crippen molar-refractivity contribution in [2.75, 3.05) is 0 Å². The Labute approximate surface area is 232 Å². The van der Waals surface area contributed by atoms with Gasteiger partial charge >= 0.3 is 5.69 Å². The summed E-state index contributed by atoms with van der Waals surface area (Å²) in [5.74, 6) is -1.34. The molecule has 5 aromatic rings. The second-order valence-electron chi connectivity index (χ2n) is 9.10. The maximum atomic E-state index is 15.6. The minimum atomic E-state index is -0.880. The number of para-hydroxylation sites is 1. The third-order valence-electron chi connectivity index (χ3n) is 6.34. The standard InChI is InChI=1S/C29H24ClF2N5O3/c1-4-35-25(16-40-15-18-9-6-5-7-10-18)33-36(29(35)39)24-14-19-20(13-23(24)32)28(38)37(34-26(19)17(2)3)27-21(30)11-8-12-22(27)31/h5-14H,2,4,15-16H2,1,3H3. The molecule has 0 spiro atoms. The minimum Gasteiger partial charge on any atom is -0.369 e. The Morgan fingerprint density at radius 1 is 0.950 bits per heavy atom. The first-order valence-electron chi connectivity index (χ1n) is 12.4. The zero-order valence-electron chi connectivity index (χ0n) is 21.7. The Kier molecular flexibility index (Phi) is 7.46. The second kappa shape index (κ2) is 11.0. The number of allylic oxidation sites excluding steroid dienone is 1. The van der Waals surface area contributed by atoms with Crippen molar-refractivity contribution in [2.45, 2.75) is 33.6 Å². The van der Waals surface area contributed by atoms with Crippen LogP contribution in [0.15, 0.2) is 76.8 Å². The van der Waals surface area contributed by atoms with Gasteiger partial charge in [0.2, 0.25) is 0 Å². The Balaban J connectivity index is 1.63. The maximum Gasteiger partial charge on any atom is 0.350 e. The van der Waals surface area contributed by atoms with Gasteiger partial charge in [-0.2, -0.15) is 14.5 Å². The van der Waals surface area contributed by atoms with E-state index in [1.165, 1.54) is 22.8 Å². The Morgan fingerprint density at radius 2 is 1.70 bits per heavy atom. The average Bonchev–Trinajstić information content (AvgIpc) is 3.24. The molecule has 5 rings (SSSR count). The Bertz CT molecular complexity index is 1860. The fourth-order valence-electron chi connectivity index (χ4n) is 4.42. The largest absolute Gasteiger partial charge is 0.369 e. The van der Waals surface area contributed by atoms with E-state index in [4.69, 9.17) is 16.3 Å². The number of fused-ring (bicyclic) bond motifs is 1. The molecule has 0 saturated heterocycles. The normalized spacial score (nSPS) is 11.3. The molecule has 40 heavy (non-hydrogen) atoms. The van der Waals surface area contributed by atoms with Crippen LogP contribution in [0, 0.1) is 11.6 Å². The second-order valence-corrected chi connectivity index (χ2v) is 9.51. The van der Waals surface area contributed by atoms with Gasteiger partial charge in [-0.3, -0.25) is 9.36 Å². The van der Waals surface area contributed by atoms with Gasteiger partial charge in [-0.25, -0.2) is 13.6 Å². The van der Waals surface area contributed by atoms with Gasteiger partial charge in [0.25, 0.3) is 5.56 Å². The van der Waals surface area contributed by atoms with E-state index in [1.54, 1.807) is 13.8 Å². The molecular formula is C29H24ClF2N5O3. The van der Waals surface area contributed by atoms with E-state index in [1.807, 2.05) is 30.3 Å². The molecule has 0 aliphatic heterocycles. The van der Waals surface area contributed by atoms with E-state index in [-0.39, 0.29) is 46.0 Å². The topological polar surface area (TPSA) is 83.9 Å². The smallest absolute Gasteiger partial charge is 0.350 e. The summed E-state index contributed by atoms with van der Waals surface area (Å²) in [4.78, 5) is 26.6. The van der Waals surface area contributed by atoms with E-state index in [9.17, 15) is 14.0 Å². The van der Waals surface area contributed by atoms with E-state index in [2.05, 4.69) is 16.8 Å². The highest BCUT2D eigenvalue weighted by atomic mass is 35.5. The molecule has 0 bridgehead atoms. The lowest BCUT2D eigenvalue weighted by molar-refractivity contribution is 0.0989. The van der Waals surface area contributed by atoms with Crippen LogP contribution >= 0.6 is 11.6 Å². The predicted octanol–water partition coefficient (Wildman–Crippen LogP) is 5.43. The summed E-state index contributed by atoms with van der Waals surface area (Å²) >= 11 is 6.18. The molecule has 0 aliphatic rings. The highest BCUT2D eigenvalue weighted by Crippen LogP contribution is 2.27. The van der Waals surface area contributed by atoms with Crippen molar-refractivity contribution >= 4 is 27.9 Å². The number of ether oxygens (including phenoxy) is 1. The molecule has 8 nitrogen and oxygen atoms in total. The zero-order chi connectivity index (χ0) is 28.6. The van der Waals surface area contributed by atoms with Crippen molar-refractivity contribution in [1.29, 1.82) is 0 Å². The number of aromatic nitrogens is 5. The van der Waals surface area contributed by atoms with Gasteiger partial charge in [0, 0.05) is 11.9 Å². The van der Waals surface area contributed by atoms with Gasteiger partial charge in [0.05, 0.1) is 22.7 Å². The molecule has 204 valence electrons. The van der Waals surface area contributed by atoms with Crippen molar-refractivity contribution < 1.29 is 13.5 Å². The van der Waals surface area contributed by atoms with Crippen molar-refractivity contribution in [3.63, 3.8) is 0 Å². The van der Waals surface area contributed by atoms with E-state index >= 15 is 4.39 Å². The van der Waals surface area contributed by atoms with Gasteiger partial charge in [0.15, 0.2) is 11.6 Å². The molecule has 0 unspecified atom stereocenters. The summed E-state index contributed by atoms with van der Waals surface area (Å²) in [6.45, 7) is 7.93. The molecule has 0 N–H and O–H groups in total. The van der Waals surface area contributed by atoms with Crippen LogP contribution in [0.2, 0.25) is 5.02 Å². The predicted molar refractivity (Wildman–Crippen MR) is 149 cm³/mol. The fraction of sp³-hybridized carbons (Fsp3) is 0.172. The molecule has 0 saturated carbocycles. The molecular weight excluding hydrogens is 540 g/mol. The highest BCUT2D eigenvalue weighted by Gasteiger charge is 2.22. The lowest BCUT2D eigenvalue weighted by atomic mass is 10.1. The lowest BCUT2D eigenvalue weighted by Gasteiger charge is -2.14. The third kappa shape index (κ3) is 4.87. The number of hydrogen-bond donors (Lipinski definition) is 0. The lowest BCUT2D eigenvalue weighted by Crippen LogP contribution is -2.26. The van der Waals surface area contributed by atoms with Crippen LogP contribution in [0.1, 0.15) is 30.9 Å². The molecule has 0 amide bonds. The first kappa shape index (κ1) is 27.2.